The van der Waals surface area contributed by atoms with Crippen molar-refractivity contribution in [1.29, 1.82) is 0 Å². The van der Waals surface area contributed by atoms with Crippen LogP contribution in [0.5, 0.6) is 0 Å². The van der Waals surface area contributed by atoms with Gasteiger partial charge < -0.3 is 4.74 Å². The van der Waals surface area contributed by atoms with Crippen molar-refractivity contribution in [2.45, 2.75) is 117 Å². The van der Waals surface area contributed by atoms with Crippen molar-refractivity contribution in [2.75, 3.05) is 6.61 Å². The molecule has 0 radical (unpaired) electrons. The molecule has 1 heterocycles. The van der Waals surface area contributed by atoms with E-state index in [1.165, 1.54) is 101 Å². The van der Waals surface area contributed by atoms with Gasteiger partial charge >= 0.3 is 0 Å². The van der Waals surface area contributed by atoms with Crippen LogP contribution in [-0.2, 0) is 18.0 Å². The Morgan fingerprint density at radius 1 is 0.710 bits per heavy atom. The van der Waals surface area contributed by atoms with Crippen LogP contribution in [0, 0.1) is 0 Å². The van der Waals surface area contributed by atoms with E-state index in [0.29, 0.717) is 6.73 Å². The highest BCUT2D eigenvalue weighted by Crippen LogP contribution is 2.16. The molecular formula is C28H47N2O+. The van der Waals surface area contributed by atoms with Crippen LogP contribution in [0.15, 0.2) is 42.7 Å². The van der Waals surface area contributed by atoms with Crippen molar-refractivity contribution in [3.8, 4) is 11.4 Å². The molecule has 0 atom stereocenters. The second-order valence-corrected chi connectivity index (χ2v) is 8.88. The Hall–Kier alpha value is -1.61. The van der Waals surface area contributed by atoms with Crippen LogP contribution in [0.3, 0.4) is 0 Å². The summed E-state index contributed by atoms with van der Waals surface area (Å²) in [6.07, 6.45) is 23.8. The molecule has 0 aliphatic carbocycles. The predicted octanol–water partition coefficient (Wildman–Crippen LogP) is 7.92. The molecule has 2 rings (SSSR count). The minimum absolute atomic E-state index is 0.635. The largest absolute Gasteiger partial charge is 0.342 e. The lowest BCUT2D eigenvalue weighted by atomic mass is 10.0. The van der Waals surface area contributed by atoms with Gasteiger partial charge in [0.1, 0.15) is 12.4 Å². The number of nitrogens with zero attached hydrogens (tertiary/aromatic N) is 2. The zero-order chi connectivity index (χ0) is 22.0. The van der Waals surface area contributed by atoms with E-state index in [0.717, 1.165) is 13.2 Å². The molecular weight excluding hydrogens is 380 g/mol. The molecule has 174 valence electrons. The van der Waals surface area contributed by atoms with Gasteiger partial charge in [-0.1, -0.05) is 109 Å². The van der Waals surface area contributed by atoms with Gasteiger partial charge in [-0.3, -0.25) is 0 Å². The molecule has 1 aromatic carbocycles. The Balaban J connectivity index is 1.46. The smallest absolute Gasteiger partial charge is 0.290 e. The van der Waals surface area contributed by atoms with Crippen LogP contribution in [0.25, 0.3) is 11.4 Å². The molecule has 0 unspecified atom stereocenters. The average molecular weight is 428 g/mol. The van der Waals surface area contributed by atoms with Gasteiger partial charge in [0.2, 0.25) is 0 Å². The number of hydrogen-bond acceptors (Lipinski definition) is 1. The minimum atomic E-state index is 0.635. The first kappa shape index (κ1) is 25.6. The summed E-state index contributed by atoms with van der Waals surface area (Å²) in [6.45, 7) is 6.94. The number of benzene rings is 1. The molecule has 0 aliphatic heterocycles. The molecule has 1 aromatic heterocycles. The number of ether oxygens (including phenoxy) is 1. The lowest BCUT2D eigenvalue weighted by Gasteiger charge is -2.06. The molecule has 0 aliphatic rings. The topological polar surface area (TPSA) is 18.0 Å². The fourth-order valence-electron chi connectivity index (χ4n) is 4.31. The highest BCUT2D eigenvalue weighted by Gasteiger charge is 2.17. The summed E-state index contributed by atoms with van der Waals surface area (Å²) in [5.74, 6) is 1.23. The van der Waals surface area contributed by atoms with Crippen LogP contribution >= 0.6 is 0 Å². The molecule has 0 saturated heterocycles. The normalized spacial score (nSPS) is 11.3. The van der Waals surface area contributed by atoms with Crippen LogP contribution in [0.4, 0.5) is 0 Å². The second kappa shape index (κ2) is 17.0. The quantitative estimate of drug-likeness (QED) is 0.164. The first-order valence-corrected chi connectivity index (χ1v) is 13.1. The predicted molar refractivity (Wildman–Crippen MR) is 132 cm³/mol. The van der Waals surface area contributed by atoms with Crippen LogP contribution in [-0.4, -0.2) is 11.2 Å². The van der Waals surface area contributed by atoms with Gasteiger partial charge in [0.15, 0.2) is 6.73 Å². The lowest BCUT2D eigenvalue weighted by molar-refractivity contribution is -0.722. The van der Waals surface area contributed by atoms with Crippen molar-refractivity contribution < 1.29 is 9.30 Å². The molecule has 0 N–H and O–H groups in total. The van der Waals surface area contributed by atoms with E-state index >= 15 is 0 Å². The van der Waals surface area contributed by atoms with E-state index < -0.39 is 0 Å². The zero-order valence-electron chi connectivity index (χ0n) is 20.4. The Morgan fingerprint density at radius 3 is 1.81 bits per heavy atom. The van der Waals surface area contributed by atoms with Gasteiger partial charge in [0, 0.05) is 0 Å². The van der Waals surface area contributed by atoms with Gasteiger partial charge in [-0.05, 0) is 25.5 Å². The fourth-order valence-corrected chi connectivity index (χ4v) is 4.31. The monoisotopic (exact) mass is 427 g/mol. The van der Waals surface area contributed by atoms with Crippen molar-refractivity contribution in [3.63, 3.8) is 0 Å². The summed E-state index contributed by atoms with van der Waals surface area (Å²) in [7, 11) is 0. The maximum atomic E-state index is 6.00. The van der Waals surface area contributed by atoms with Gasteiger partial charge in [-0.15, -0.1) is 0 Å². The van der Waals surface area contributed by atoms with Crippen molar-refractivity contribution >= 4 is 0 Å². The average Bonchev–Trinajstić information content (AvgIpc) is 3.22. The van der Waals surface area contributed by atoms with Crippen LogP contribution in [0.2, 0.25) is 0 Å². The SMILES string of the molecule is CCCCCCCCCCCCCCCCOC[n+]1ccn(CC)c1-c1ccccc1. The molecule has 31 heavy (non-hydrogen) atoms. The number of imidazole rings is 1. The molecule has 0 saturated carbocycles. The number of aryl methyl sites for hydroxylation is 1. The molecule has 2 aromatic rings. The van der Waals surface area contributed by atoms with Crippen molar-refractivity contribution in [2.24, 2.45) is 0 Å². The minimum Gasteiger partial charge on any atom is -0.342 e. The number of unbranched alkanes of at least 4 members (excludes halogenated alkanes) is 13. The van der Waals surface area contributed by atoms with Crippen LogP contribution < -0.4 is 4.57 Å². The fraction of sp³-hybridized carbons (Fsp3) is 0.679. The van der Waals surface area contributed by atoms with E-state index in [1.54, 1.807) is 0 Å². The Morgan fingerprint density at radius 2 is 1.26 bits per heavy atom. The maximum Gasteiger partial charge on any atom is 0.290 e. The summed E-state index contributed by atoms with van der Waals surface area (Å²) in [5, 5.41) is 0. The van der Waals surface area contributed by atoms with Gasteiger partial charge in [-0.2, -0.15) is 0 Å². The summed E-state index contributed by atoms with van der Waals surface area (Å²) >= 11 is 0. The molecule has 3 heteroatoms. The van der Waals surface area contributed by atoms with Crippen LogP contribution in [0.1, 0.15) is 104 Å². The Kier molecular flexibility index (Phi) is 14.1. The van der Waals surface area contributed by atoms with Gasteiger partial charge in [0.25, 0.3) is 5.82 Å². The zero-order valence-corrected chi connectivity index (χ0v) is 20.4. The maximum absolute atomic E-state index is 6.00. The van der Waals surface area contributed by atoms with Gasteiger partial charge in [-0.25, -0.2) is 9.13 Å². The second-order valence-electron chi connectivity index (χ2n) is 8.88. The van der Waals surface area contributed by atoms with Crippen molar-refractivity contribution in [1.82, 2.24) is 4.57 Å². The number of rotatable bonds is 19. The first-order chi connectivity index (χ1) is 15.4. The van der Waals surface area contributed by atoms with Crippen molar-refractivity contribution in [3.05, 3.63) is 42.7 Å². The number of hydrogen-bond donors (Lipinski definition) is 0. The molecule has 0 spiro atoms. The summed E-state index contributed by atoms with van der Waals surface area (Å²) in [5.41, 5.74) is 1.24. The highest BCUT2D eigenvalue weighted by atomic mass is 16.5. The molecule has 3 nitrogen and oxygen atoms in total. The third-order valence-corrected chi connectivity index (χ3v) is 6.22. The standard InChI is InChI=1S/C28H47N2O/c1-3-5-6-7-8-9-10-11-12-13-14-15-16-20-25-31-26-30-24-23-29(4-2)28(30)27-21-18-17-19-22-27/h17-19,21-24H,3-16,20,25-26H2,1-2H3/q+1. The van der Waals surface area contributed by atoms with E-state index in [1.807, 2.05) is 0 Å². The third-order valence-electron chi connectivity index (χ3n) is 6.22. The van der Waals surface area contributed by atoms with E-state index in [9.17, 15) is 0 Å². The van der Waals surface area contributed by atoms with Gasteiger partial charge in [0.05, 0.1) is 18.7 Å². The third kappa shape index (κ3) is 10.5. The lowest BCUT2D eigenvalue weighted by Crippen LogP contribution is -2.36. The van der Waals surface area contributed by atoms with E-state index in [-0.39, 0.29) is 0 Å². The highest BCUT2D eigenvalue weighted by molar-refractivity contribution is 5.52. The molecule has 0 amide bonds. The summed E-state index contributed by atoms with van der Waals surface area (Å²) < 4.78 is 10.5. The summed E-state index contributed by atoms with van der Waals surface area (Å²) in [6, 6.07) is 10.6. The van der Waals surface area contributed by atoms with E-state index in [2.05, 4.69) is 65.7 Å². The summed E-state index contributed by atoms with van der Waals surface area (Å²) in [4.78, 5) is 0. The Labute approximate surface area is 191 Å². The molecule has 0 bridgehead atoms. The number of aromatic nitrogens is 2. The first-order valence-electron chi connectivity index (χ1n) is 13.1. The molecule has 0 fully saturated rings. The van der Waals surface area contributed by atoms with E-state index in [4.69, 9.17) is 4.74 Å². The Bertz CT molecular complexity index is 665.